The van der Waals surface area contributed by atoms with Crippen molar-refractivity contribution in [3.8, 4) is 0 Å². The molecule has 1 atom stereocenters. The van der Waals surface area contributed by atoms with E-state index >= 15 is 0 Å². The van der Waals surface area contributed by atoms with Crippen LogP contribution in [0.25, 0.3) is 0 Å². The Hall–Kier alpha value is -1.79. The number of amides is 3. The maximum absolute atomic E-state index is 12.1. The standard InChI is InChI=1S/C16H21Cl2N3O3/c1-3-8-19-13(22)7-9-20-15(23)10(2)21-16(24)11-5-4-6-12(17)14(11)18/h4-6,10H,3,7-9H2,1-2H3,(H,19,22)(H,20,23)(H,21,24). The summed E-state index contributed by atoms with van der Waals surface area (Å²) in [6, 6.07) is 3.92. The highest BCUT2D eigenvalue weighted by molar-refractivity contribution is 6.43. The lowest BCUT2D eigenvalue weighted by Gasteiger charge is -2.15. The molecule has 6 nitrogen and oxygen atoms in total. The molecule has 0 heterocycles. The first-order chi connectivity index (χ1) is 11.4. The van der Waals surface area contributed by atoms with Crippen molar-refractivity contribution in [3.63, 3.8) is 0 Å². The molecule has 1 aromatic carbocycles. The Balaban J connectivity index is 2.45. The fraction of sp³-hybridized carbons (Fsp3) is 0.438. The van der Waals surface area contributed by atoms with E-state index in [2.05, 4.69) is 16.0 Å². The van der Waals surface area contributed by atoms with Gasteiger partial charge in [-0.2, -0.15) is 0 Å². The molecule has 0 aliphatic carbocycles. The molecule has 132 valence electrons. The SMILES string of the molecule is CCCNC(=O)CCNC(=O)C(C)NC(=O)c1cccc(Cl)c1Cl. The number of benzene rings is 1. The summed E-state index contributed by atoms with van der Waals surface area (Å²) in [4.78, 5) is 35.5. The van der Waals surface area contributed by atoms with Crippen LogP contribution in [-0.4, -0.2) is 36.9 Å². The van der Waals surface area contributed by atoms with Gasteiger partial charge in [0.25, 0.3) is 5.91 Å². The summed E-state index contributed by atoms with van der Waals surface area (Å²) in [6.07, 6.45) is 1.04. The quantitative estimate of drug-likeness (QED) is 0.652. The highest BCUT2D eigenvalue weighted by Crippen LogP contribution is 2.25. The van der Waals surface area contributed by atoms with Crippen molar-refractivity contribution in [3.05, 3.63) is 33.8 Å². The van der Waals surface area contributed by atoms with E-state index in [1.54, 1.807) is 19.1 Å². The van der Waals surface area contributed by atoms with E-state index in [1.807, 2.05) is 6.92 Å². The first-order valence-electron chi connectivity index (χ1n) is 7.66. The highest BCUT2D eigenvalue weighted by atomic mass is 35.5. The largest absolute Gasteiger partial charge is 0.356 e. The van der Waals surface area contributed by atoms with E-state index < -0.39 is 11.9 Å². The van der Waals surface area contributed by atoms with Crippen LogP contribution in [0.15, 0.2) is 18.2 Å². The Morgan fingerprint density at radius 3 is 2.50 bits per heavy atom. The van der Waals surface area contributed by atoms with Gasteiger partial charge in [-0.15, -0.1) is 0 Å². The van der Waals surface area contributed by atoms with Crippen LogP contribution in [0.3, 0.4) is 0 Å². The lowest BCUT2D eigenvalue weighted by atomic mass is 10.2. The molecular weight excluding hydrogens is 353 g/mol. The predicted molar refractivity (Wildman–Crippen MR) is 94.3 cm³/mol. The molecule has 3 N–H and O–H groups in total. The van der Waals surface area contributed by atoms with Crippen LogP contribution in [0.2, 0.25) is 10.0 Å². The van der Waals surface area contributed by atoms with Crippen LogP contribution in [-0.2, 0) is 9.59 Å². The third-order valence-electron chi connectivity index (χ3n) is 3.16. The smallest absolute Gasteiger partial charge is 0.253 e. The second-order valence-corrected chi connectivity index (χ2v) is 5.97. The molecule has 3 amide bonds. The molecule has 0 aliphatic rings. The van der Waals surface area contributed by atoms with Gasteiger partial charge in [-0.25, -0.2) is 0 Å². The van der Waals surface area contributed by atoms with Gasteiger partial charge in [0.05, 0.1) is 15.6 Å². The first kappa shape index (κ1) is 20.3. The Labute approximate surface area is 151 Å². The van der Waals surface area contributed by atoms with E-state index in [0.717, 1.165) is 6.42 Å². The average Bonchev–Trinajstić information content (AvgIpc) is 2.55. The third-order valence-corrected chi connectivity index (χ3v) is 3.98. The van der Waals surface area contributed by atoms with E-state index in [-0.39, 0.29) is 40.4 Å². The second kappa shape index (κ2) is 10.2. The molecular formula is C16H21Cl2N3O3. The number of halogens is 2. The third kappa shape index (κ3) is 6.37. The fourth-order valence-electron chi connectivity index (χ4n) is 1.82. The Bertz CT molecular complexity index is 608. The number of carbonyl (C=O) groups excluding carboxylic acids is 3. The van der Waals surface area contributed by atoms with Gasteiger partial charge < -0.3 is 16.0 Å². The van der Waals surface area contributed by atoms with Crippen LogP contribution in [0.5, 0.6) is 0 Å². The zero-order valence-corrected chi connectivity index (χ0v) is 15.1. The Morgan fingerprint density at radius 1 is 1.12 bits per heavy atom. The minimum atomic E-state index is -0.772. The molecule has 1 unspecified atom stereocenters. The molecule has 0 spiro atoms. The van der Waals surface area contributed by atoms with Gasteiger partial charge in [-0.05, 0) is 25.5 Å². The maximum atomic E-state index is 12.1. The van der Waals surface area contributed by atoms with E-state index in [4.69, 9.17) is 23.2 Å². The van der Waals surface area contributed by atoms with Gasteiger partial charge in [0.15, 0.2) is 0 Å². The summed E-state index contributed by atoms with van der Waals surface area (Å²) in [6.45, 7) is 4.31. The molecule has 0 saturated carbocycles. The number of nitrogens with one attached hydrogen (secondary N) is 3. The Kier molecular flexibility index (Phi) is 8.57. The predicted octanol–water partition coefficient (Wildman–Crippen LogP) is 2.14. The number of hydrogen-bond donors (Lipinski definition) is 3. The van der Waals surface area contributed by atoms with Crippen LogP contribution in [0.1, 0.15) is 37.0 Å². The molecule has 8 heteroatoms. The zero-order valence-electron chi connectivity index (χ0n) is 13.6. The number of carbonyl (C=O) groups is 3. The lowest BCUT2D eigenvalue weighted by Crippen LogP contribution is -2.45. The molecule has 1 rings (SSSR count). The minimum Gasteiger partial charge on any atom is -0.356 e. The summed E-state index contributed by atoms with van der Waals surface area (Å²) in [5, 5.41) is 8.25. The van der Waals surface area contributed by atoms with Gasteiger partial charge in [0, 0.05) is 19.5 Å². The van der Waals surface area contributed by atoms with Gasteiger partial charge in [-0.3, -0.25) is 14.4 Å². The van der Waals surface area contributed by atoms with Crippen LogP contribution >= 0.6 is 23.2 Å². The van der Waals surface area contributed by atoms with Gasteiger partial charge in [-0.1, -0.05) is 36.2 Å². The van der Waals surface area contributed by atoms with Crippen molar-refractivity contribution in [2.45, 2.75) is 32.7 Å². The molecule has 0 aromatic heterocycles. The van der Waals surface area contributed by atoms with Crippen molar-refractivity contribution in [2.75, 3.05) is 13.1 Å². The van der Waals surface area contributed by atoms with Crippen molar-refractivity contribution in [1.82, 2.24) is 16.0 Å². The molecule has 1 aromatic rings. The van der Waals surface area contributed by atoms with Crippen molar-refractivity contribution >= 4 is 40.9 Å². The number of hydrogen-bond acceptors (Lipinski definition) is 3. The Morgan fingerprint density at radius 2 is 1.83 bits per heavy atom. The molecule has 0 radical (unpaired) electrons. The van der Waals surface area contributed by atoms with Gasteiger partial charge in [0.1, 0.15) is 6.04 Å². The first-order valence-corrected chi connectivity index (χ1v) is 8.41. The second-order valence-electron chi connectivity index (χ2n) is 5.19. The zero-order chi connectivity index (χ0) is 18.1. The van der Waals surface area contributed by atoms with Crippen molar-refractivity contribution in [1.29, 1.82) is 0 Å². The van der Waals surface area contributed by atoms with Crippen LogP contribution in [0, 0.1) is 0 Å². The average molecular weight is 374 g/mol. The maximum Gasteiger partial charge on any atom is 0.253 e. The summed E-state index contributed by atoms with van der Waals surface area (Å²) < 4.78 is 0. The highest BCUT2D eigenvalue weighted by Gasteiger charge is 2.19. The monoisotopic (exact) mass is 373 g/mol. The van der Waals surface area contributed by atoms with Gasteiger partial charge in [0.2, 0.25) is 11.8 Å². The van der Waals surface area contributed by atoms with Gasteiger partial charge >= 0.3 is 0 Å². The van der Waals surface area contributed by atoms with E-state index in [9.17, 15) is 14.4 Å². The summed E-state index contributed by atoms with van der Waals surface area (Å²) in [5.41, 5.74) is 0.197. The fourth-order valence-corrected chi connectivity index (χ4v) is 2.21. The number of rotatable bonds is 8. The summed E-state index contributed by atoms with van der Waals surface area (Å²) in [5.74, 6) is -1.00. The van der Waals surface area contributed by atoms with Crippen LogP contribution < -0.4 is 16.0 Å². The van der Waals surface area contributed by atoms with E-state index in [1.165, 1.54) is 6.07 Å². The molecule has 0 saturated heterocycles. The topological polar surface area (TPSA) is 87.3 Å². The normalized spacial score (nSPS) is 11.5. The molecule has 24 heavy (non-hydrogen) atoms. The summed E-state index contributed by atoms with van der Waals surface area (Å²) >= 11 is 11.8. The summed E-state index contributed by atoms with van der Waals surface area (Å²) in [7, 11) is 0. The van der Waals surface area contributed by atoms with E-state index in [0.29, 0.717) is 6.54 Å². The molecule has 0 fully saturated rings. The molecule has 0 aliphatic heterocycles. The van der Waals surface area contributed by atoms with Crippen LogP contribution in [0.4, 0.5) is 0 Å². The lowest BCUT2D eigenvalue weighted by molar-refractivity contribution is -0.123. The van der Waals surface area contributed by atoms with Crippen molar-refractivity contribution < 1.29 is 14.4 Å². The minimum absolute atomic E-state index is 0.125. The molecule has 0 bridgehead atoms. The van der Waals surface area contributed by atoms with Crippen molar-refractivity contribution in [2.24, 2.45) is 0 Å².